The largest absolute Gasteiger partial charge is 0.303 e. The maximum Gasteiger partial charge on any atom is 0.243 e. The van der Waals surface area contributed by atoms with Gasteiger partial charge >= 0.3 is 0 Å². The maximum absolute atomic E-state index is 12.6. The van der Waals surface area contributed by atoms with Gasteiger partial charge in [-0.05, 0) is 51.5 Å². The molecule has 0 amide bonds. The zero-order valence-corrected chi connectivity index (χ0v) is 13.4. The predicted molar refractivity (Wildman–Crippen MR) is 81.3 cm³/mol. The Morgan fingerprint density at radius 1 is 1.20 bits per heavy atom. The van der Waals surface area contributed by atoms with Gasteiger partial charge in [-0.1, -0.05) is 24.6 Å². The van der Waals surface area contributed by atoms with E-state index in [1.54, 1.807) is 23.5 Å². The normalized spacial score (nSPS) is 18.6. The minimum absolute atomic E-state index is 0.115. The molecule has 112 valence electrons. The van der Waals surface area contributed by atoms with E-state index < -0.39 is 10.0 Å². The van der Waals surface area contributed by atoms with E-state index in [0.29, 0.717) is 4.90 Å². The summed E-state index contributed by atoms with van der Waals surface area (Å²) in [6.07, 6.45) is 1.82. The van der Waals surface area contributed by atoms with Gasteiger partial charge in [-0.3, -0.25) is 0 Å². The first-order valence-electron chi connectivity index (χ1n) is 7.22. The van der Waals surface area contributed by atoms with Crippen molar-refractivity contribution in [2.75, 3.05) is 26.7 Å². The third-order valence-electron chi connectivity index (χ3n) is 4.22. The fraction of sp³-hybridized carbons (Fsp3) is 0.600. The molecule has 1 aromatic rings. The third-order valence-corrected chi connectivity index (χ3v) is 6.14. The summed E-state index contributed by atoms with van der Waals surface area (Å²) in [5, 5.41) is 0. The molecular formula is C15H24N2O2S. The Kier molecular flexibility index (Phi) is 4.83. The summed E-state index contributed by atoms with van der Waals surface area (Å²) < 4.78 is 26.8. The molecule has 0 bridgehead atoms. The molecule has 0 aromatic heterocycles. The molecule has 2 rings (SSSR count). The highest BCUT2D eigenvalue weighted by Gasteiger charge is 2.30. The lowest BCUT2D eigenvalue weighted by atomic mass is 10.1. The van der Waals surface area contributed by atoms with Crippen LogP contribution in [0.1, 0.15) is 25.3 Å². The van der Waals surface area contributed by atoms with E-state index in [1.807, 2.05) is 19.1 Å². The van der Waals surface area contributed by atoms with E-state index in [2.05, 4.69) is 11.8 Å². The Bertz CT molecular complexity index is 531. The molecule has 1 saturated heterocycles. The summed E-state index contributed by atoms with van der Waals surface area (Å²) in [7, 11) is -1.65. The van der Waals surface area contributed by atoms with Crippen molar-refractivity contribution in [1.82, 2.24) is 9.21 Å². The number of rotatable bonds is 4. The van der Waals surface area contributed by atoms with Gasteiger partial charge in [-0.2, -0.15) is 4.31 Å². The maximum atomic E-state index is 12.6. The first kappa shape index (κ1) is 15.5. The molecular weight excluding hydrogens is 272 g/mol. The number of sulfonamides is 1. The quantitative estimate of drug-likeness (QED) is 0.854. The van der Waals surface area contributed by atoms with Crippen LogP contribution in [0.4, 0.5) is 0 Å². The highest BCUT2D eigenvalue weighted by molar-refractivity contribution is 7.89. The second-order valence-corrected chi connectivity index (χ2v) is 7.50. The highest BCUT2D eigenvalue weighted by Crippen LogP contribution is 2.22. The molecule has 1 aliphatic heterocycles. The van der Waals surface area contributed by atoms with Crippen molar-refractivity contribution in [2.24, 2.45) is 0 Å². The lowest BCUT2D eigenvalue weighted by Crippen LogP contribution is -2.45. The number of nitrogens with zero attached hydrogens (tertiary/aromatic N) is 2. The van der Waals surface area contributed by atoms with Gasteiger partial charge in [0.05, 0.1) is 4.90 Å². The molecule has 0 radical (unpaired) electrons. The van der Waals surface area contributed by atoms with Crippen LogP contribution in [-0.4, -0.2) is 50.3 Å². The first-order valence-corrected chi connectivity index (χ1v) is 8.66. The number of hydrogen-bond donors (Lipinski definition) is 0. The van der Waals surface area contributed by atoms with Crippen LogP contribution >= 0.6 is 0 Å². The van der Waals surface area contributed by atoms with Crippen molar-refractivity contribution in [2.45, 2.75) is 37.6 Å². The Morgan fingerprint density at radius 2 is 1.75 bits per heavy atom. The summed E-state index contributed by atoms with van der Waals surface area (Å²) in [5.74, 6) is 0. The average Bonchev–Trinajstić information content (AvgIpc) is 2.47. The smallest absolute Gasteiger partial charge is 0.243 e. The lowest BCUT2D eigenvalue weighted by Gasteiger charge is -2.35. The molecule has 1 aromatic carbocycles. The van der Waals surface area contributed by atoms with Crippen molar-refractivity contribution in [1.29, 1.82) is 0 Å². The van der Waals surface area contributed by atoms with Gasteiger partial charge in [0.15, 0.2) is 0 Å². The highest BCUT2D eigenvalue weighted by atomic mass is 32.2. The van der Waals surface area contributed by atoms with Gasteiger partial charge < -0.3 is 4.90 Å². The molecule has 1 aliphatic rings. The van der Waals surface area contributed by atoms with Gasteiger partial charge in [0.25, 0.3) is 0 Å². The van der Waals surface area contributed by atoms with Crippen LogP contribution in [0.3, 0.4) is 0 Å². The van der Waals surface area contributed by atoms with Crippen LogP contribution in [0.25, 0.3) is 0 Å². The second kappa shape index (κ2) is 6.24. The average molecular weight is 296 g/mol. The SMILES string of the molecule is CCN1CCC(N(C)S(=O)(=O)c2ccc(C)cc2)CC1. The van der Waals surface area contributed by atoms with E-state index in [0.717, 1.165) is 38.0 Å². The zero-order chi connectivity index (χ0) is 14.8. The van der Waals surface area contributed by atoms with Crippen molar-refractivity contribution >= 4 is 10.0 Å². The Hall–Kier alpha value is -0.910. The molecule has 0 saturated carbocycles. The van der Waals surface area contributed by atoms with Crippen LogP contribution in [0.2, 0.25) is 0 Å². The summed E-state index contributed by atoms with van der Waals surface area (Å²) >= 11 is 0. The monoisotopic (exact) mass is 296 g/mol. The van der Waals surface area contributed by atoms with Gasteiger partial charge in [0, 0.05) is 13.1 Å². The van der Waals surface area contributed by atoms with Crippen LogP contribution in [-0.2, 0) is 10.0 Å². The Morgan fingerprint density at radius 3 is 2.25 bits per heavy atom. The lowest BCUT2D eigenvalue weighted by molar-refractivity contribution is 0.176. The number of hydrogen-bond acceptors (Lipinski definition) is 3. The fourth-order valence-electron chi connectivity index (χ4n) is 2.67. The van der Waals surface area contributed by atoms with E-state index in [1.165, 1.54) is 0 Å². The minimum Gasteiger partial charge on any atom is -0.303 e. The van der Waals surface area contributed by atoms with Crippen molar-refractivity contribution in [3.8, 4) is 0 Å². The van der Waals surface area contributed by atoms with E-state index >= 15 is 0 Å². The van der Waals surface area contributed by atoms with Crippen molar-refractivity contribution in [3.05, 3.63) is 29.8 Å². The van der Waals surface area contributed by atoms with Gasteiger partial charge in [0.2, 0.25) is 10.0 Å². The molecule has 0 spiro atoms. The molecule has 5 heteroatoms. The van der Waals surface area contributed by atoms with Crippen LogP contribution < -0.4 is 0 Å². The van der Waals surface area contributed by atoms with Crippen molar-refractivity contribution < 1.29 is 8.42 Å². The topological polar surface area (TPSA) is 40.6 Å². The van der Waals surface area contributed by atoms with E-state index in [4.69, 9.17) is 0 Å². The molecule has 0 N–H and O–H groups in total. The standard InChI is InChI=1S/C15H24N2O2S/c1-4-17-11-9-14(10-12-17)16(3)20(18,19)15-7-5-13(2)6-8-15/h5-8,14H,4,9-12H2,1-3H3. The van der Waals surface area contributed by atoms with Gasteiger partial charge in [-0.25, -0.2) is 8.42 Å². The van der Waals surface area contributed by atoms with Crippen LogP contribution in [0.15, 0.2) is 29.2 Å². The minimum atomic E-state index is -3.36. The van der Waals surface area contributed by atoms with E-state index in [9.17, 15) is 8.42 Å². The predicted octanol–water partition coefficient (Wildman–Crippen LogP) is 2.10. The molecule has 1 heterocycles. The molecule has 4 nitrogen and oxygen atoms in total. The second-order valence-electron chi connectivity index (χ2n) is 5.50. The zero-order valence-electron chi connectivity index (χ0n) is 12.5. The van der Waals surface area contributed by atoms with Crippen LogP contribution in [0.5, 0.6) is 0 Å². The summed E-state index contributed by atoms with van der Waals surface area (Å²) in [6.45, 7) is 7.11. The summed E-state index contributed by atoms with van der Waals surface area (Å²) in [6, 6.07) is 7.20. The van der Waals surface area contributed by atoms with Gasteiger partial charge in [-0.15, -0.1) is 0 Å². The van der Waals surface area contributed by atoms with Crippen molar-refractivity contribution in [3.63, 3.8) is 0 Å². The fourth-order valence-corrected chi connectivity index (χ4v) is 4.09. The first-order chi connectivity index (χ1) is 9.45. The summed E-state index contributed by atoms with van der Waals surface area (Å²) in [4.78, 5) is 2.76. The molecule has 0 aliphatic carbocycles. The van der Waals surface area contributed by atoms with Crippen LogP contribution in [0, 0.1) is 6.92 Å². The number of piperidine rings is 1. The Balaban J connectivity index is 2.11. The molecule has 0 atom stereocenters. The number of likely N-dealkylation sites (tertiary alicyclic amines) is 1. The summed E-state index contributed by atoms with van der Waals surface area (Å²) in [5.41, 5.74) is 1.07. The molecule has 20 heavy (non-hydrogen) atoms. The molecule has 1 fully saturated rings. The van der Waals surface area contributed by atoms with Gasteiger partial charge in [0.1, 0.15) is 0 Å². The Labute approximate surface area is 122 Å². The number of benzene rings is 1. The van der Waals surface area contributed by atoms with E-state index in [-0.39, 0.29) is 6.04 Å². The molecule has 0 unspecified atom stereocenters. The third kappa shape index (κ3) is 3.22. The number of aryl methyl sites for hydroxylation is 1.